The molecule has 0 saturated carbocycles. The third-order valence-corrected chi connectivity index (χ3v) is 11.2. The molecule has 5 heterocycles. The molecule has 4 atom stereocenters. The molecule has 1 aromatic carbocycles. The van der Waals surface area contributed by atoms with Crippen LogP contribution in [-0.4, -0.2) is 114 Å². The van der Waals surface area contributed by atoms with Crippen molar-refractivity contribution in [3.8, 4) is 11.5 Å². The molecule has 6 rings (SSSR count). The van der Waals surface area contributed by atoms with Crippen LogP contribution in [0.15, 0.2) is 28.8 Å². The average molecular weight is 650 g/mol. The first-order valence-corrected chi connectivity index (χ1v) is 16.0. The molecule has 6 N–H and O–H groups in total. The summed E-state index contributed by atoms with van der Waals surface area (Å²) in [5.74, 6) is -2.90. The normalized spacial score (nSPS) is 26.5. The van der Waals surface area contributed by atoms with Crippen molar-refractivity contribution in [1.29, 1.82) is 0 Å². The highest BCUT2D eigenvalue weighted by Crippen LogP contribution is 2.43. The Morgan fingerprint density at radius 3 is 2.74 bits per heavy atom. The van der Waals surface area contributed by atoms with Crippen LogP contribution >= 0.6 is 34.7 Å². The molecule has 1 aromatic heterocycles. The number of piperazine rings is 1. The number of aliphatic carboxylic acids is 1. The molecule has 0 aliphatic carbocycles. The molecular formula is C27H30ClN6O7S2+. The number of thioether (sulfide) groups is 1. The van der Waals surface area contributed by atoms with Crippen LogP contribution < -0.4 is 11.1 Å². The maximum Gasteiger partial charge on any atom is 0.352 e. The number of carbonyl (C=O) groups excluding carboxylic acids is 3. The Morgan fingerprint density at radius 2 is 2.02 bits per heavy atom. The minimum atomic E-state index is -1.18. The van der Waals surface area contributed by atoms with Crippen LogP contribution in [0.3, 0.4) is 0 Å². The van der Waals surface area contributed by atoms with Crippen molar-refractivity contribution in [1.82, 2.24) is 20.1 Å². The summed E-state index contributed by atoms with van der Waals surface area (Å²) >= 11 is 8.81. The van der Waals surface area contributed by atoms with Gasteiger partial charge >= 0.3 is 5.97 Å². The second-order valence-electron chi connectivity index (χ2n) is 11.2. The number of nitrogens with two attached hydrogens (primary N) is 1. The lowest BCUT2D eigenvalue weighted by molar-refractivity contribution is -0.938. The number of carboxylic acid groups (broad SMARTS) is 1. The summed E-state index contributed by atoms with van der Waals surface area (Å²) in [5.41, 5.74) is 6.89. The van der Waals surface area contributed by atoms with E-state index in [4.69, 9.17) is 17.3 Å². The topological polar surface area (TPSA) is 186 Å². The molecule has 43 heavy (non-hydrogen) atoms. The number of halogens is 1. The number of thiazole rings is 1. The highest BCUT2D eigenvalue weighted by molar-refractivity contribution is 8.00. The van der Waals surface area contributed by atoms with Gasteiger partial charge in [0.1, 0.15) is 29.7 Å². The largest absolute Gasteiger partial charge is 0.504 e. The number of hydrogen-bond acceptors (Lipinski definition) is 10. The number of aromatic hydroxyl groups is 2. The van der Waals surface area contributed by atoms with Crippen LogP contribution in [0.25, 0.3) is 0 Å². The van der Waals surface area contributed by atoms with Gasteiger partial charge in [-0.25, -0.2) is 9.78 Å². The fourth-order valence-corrected chi connectivity index (χ4v) is 8.80. The van der Waals surface area contributed by atoms with Gasteiger partial charge in [0.05, 0.1) is 48.9 Å². The number of hydrogen-bond donors (Lipinski definition) is 5. The molecule has 2 aromatic rings. The van der Waals surface area contributed by atoms with Crippen molar-refractivity contribution in [2.75, 3.05) is 44.2 Å². The van der Waals surface area contributed by atoms with Gasteiger partial charge in [0.25, 0.3) is 11.8 Å². The van der Waals surface area contributed by atoms with Crippen LogP contribution in [-0.2, 0) is 20.8 Å². The molecule has 3 saturated heterocycles. The van der Waals surface area contributed by atoms with E-state index in [9.17, 15) is 34.5 Å². The number of carboxylic acids is 1. The maximum absolute atomic E-state index is 13.3. The van der Waals surface area contributed by atoms with Crippen molar-refractivity contribution in [2.24, 2.45) is 0 Å². The van der Waals surface area contributed by atoms with E-state index in [0.717, 1.165) is 19.4 Å². The van der Waals surface area contributed by atoms with Crippen molar-refractivity contribution >= 4 is 63.5 Å². The van der Waals surface area contributed by atoms with E-state index >= 15 is 0 Å². The number of phenols is 2. The van der Waals surface area contributed by atoms with Crippen molar-refractivity contribution < 1.29 is 39.0 Å². The molecule has 3 fully saturated rings. The zero-order chi connectivity index (χ0) is 30.6. The maximum atomic E-state index is 13.3. The second-order valence-corrected chi connectivity index (χ2v) is 13.6. The number of fused-ring (bicyclic) bond motifs is 2. The minimum absolute atomic E-state index is 0.0190. The van der Waals surface area contributed by atoms with Crippen LogP contribution in [0.5, 0.6) is 11.5 Å². The van der Waals surface area contributed by atoms with Gasteiger partial charge in [-0.3, -0.25) is 19.3 Å². The lowest BCUT2D eigenvalue weighted by atomic mass is 10.0. The second kappa shape index (κ2) is 11.2. The number of carbonyl (C=O) groups is 4. The van der Waals surface area contributed by atoms with E-state index < -0.39 is 34.8 Å². The zero-order valence-corrected chi connectivity index (χ0v) is 25.3. The Kier molecular flexibility index (Phi) is 7.69. The first kappa shape index (κ1) is 29.5. The summed E-state index contributed by atoms with van der Waals surface area (Å²) in [6.45, 7) is 2.70. The van der Waals surface area contributed by atoms with Crippen LogP contribution in [0.1, 0.15) is 28.9 Å². The molecule has 4 aliphatic heterocycles. The number of β-lactam (4-membered cyclic amide) rings is 1. The Labute approximate surface area is 259 Å². The number of quaternary nitrogens is 1. The van der Waals surface area contributed by atoms with Gasteiger partial charge < -0.3 is 35.8 Å². The van der Waals surface area contributed by atoms with Gasteiger partial charge in [-0.05, 0) is 12.1 Å². The molecule has 228 valence electrons. The molecule has 16 heteroatoms. The minimum Gasteiger partial charge on any atom is -0.504 e. The summed E-state index contributed by atoms with van der Waals surface area (Å²) in [4.78, 5) is 58.6. The van der Waals surface area contributed by atoms with E-state index in [1.54, 1.807) is 10.3 Å². The number of amides is 3. The fraction of sp³-hybridized carbons (Fsp3) is 0.444. The summed E-state index contributed by atoms with van der Waals surface area (Å²) < 4.78 is 0.620. The van der Waals surface area contributed by atoms with E-state index in [1.165, 1.54) is 40.1 Å². The molecule has 0 radical (unpaired) electrons. The molecule has 0 bridgehead atoms. The molecule has 4 aliphatic rings. The first-order chi connectivity index (χ1) is 20.5. The Balaban J connectivity index is 1.16. The lowest BCUT2D eigenvalue weighted by Gasteiger charge is -2.51. The summed E-state index contributed by atoms with van der Waals surface area (Å²) in [6, 6.07) is 1.86. The van der Waals surface area contributed by atoms with Gasteiger partial charge in [-0.15, -0.1) is 23.1 Å². The monoisotopic (exact) mass is 649 g/mol. The Bertz CT molecular complexity index is 1570. The quantitative estimate of drug-likeness (QED) is 0.166. The SMILES string of the molecule is Nc1nc(CC(=O)N[C@@H]2C(=O)N3C(C(=O)O)=C(C[N+]45CCCC4CN(C(=O)c4ccc(O)c(O)c4Cl)CC5)CS[C@H]23)cs1. The van der Waals surface area contributed by atoms with Crippen molar-refractivity contribution in [3.05, 3.63) is 45.1 Å². The number of anilines is 1. The molecule has 13 nitrogen and oxygen atoms in total. The first-order valence-electron chi connectivity index (χ1n) is 13.7. The third kappa shape index (κ3) is 5.17. The van der Waals surface area contributed by atoms with Gasteiger partial charge in [0.2, 0.25) is 5.91 Å². The number of rotatable bonds is 7. The van der Waals surface area contributed by atoms with Gasteiger partial charge in [-0.1, -0.05) is 11.6 Å². The zero-order valence-electron chi connectivity index (χ0n) is 22.9. The molecule has 2 unspecified atom stereocenters. The van der Waals surface area contributed by atoms with Crippen LogP contribution in [0.4, 0.5) is 5.13 Å². The number of nitrogens with zero attached hydrogens (tertiary/aromatic N) is 4. The predicted molar refractivity (Wildman–Crippen MR) is 158 cm³/mol. The Hall–Kier alpha value is -3.53. The summed E-state index contributed by atoms with van der Waals surface area (Å²) in [5, 5.41) is 34.0. The fourth-order valence-electron chi connectivity index (χ4n) is 6.66. The number of nitrogen functional groups attached to an aromatic ring is 1. The number of phenolic OH excluding ortho intramolecular Hbond substituents is 2. The third-order valence-electron chi connectivity index (χ3n) is 8.76. The molecular weight excluding hydrogens is 620 g/mol. The standard InChI is InChI=1S/C27H29ClN6O7S2/c28-19-16(3-4-17(35)22(19)37)23(38)32-5-7-34(6-1-2-15(34)9-32)10-13-11-42-25-20(24(39)33(25)21(13)26(40)41)31-18(36)8-14-12-43-27(29)30-14/h3-4,12,15,20,25H,1-2,5-11H2,(H5-,29,30,31,35,36,37,38,40,41)/p+1/t15?,20-,25-,34?/m1/s1. The van der Waals surface area contributed by atoms with Crippen LogP contribution in [0, 0.1) is 0 Å². The number of nitrogens with one attached hydrogen (secondary N) is 1. The van der Waals surface area contributed by atoms with E-state index in [2.05, 4.69) is 10.3 Å². The van der Waals surface area contributed by atoms with E-state index in [1.807, 2.05) is 0 Å². The number of aromatic nitrogens is 1. The smallest absolute Gasteiger partial charge is 0.352 e. The number of benzene rings is 1. The lowest BCUT2D eigenvalue weighted by Crippen LogP contribution is -2.71. The molecule has 0 spiro atoms. The van der Waals surface area contributed by atoms with Crippen LogP contribution in [0.2, 0.25) is 5.02 Å². The van der Waals surface area contributed by atoms with E-state index in [0.29, 0.717) is 52.8 Å². The van der Waals surface area contributed by atoms with Gasteiger partial charge in [-0.2, -0.15) is 0 Å². The summed E-state index contributed by atoms with van der Waals surface area (Å²) in [6.07, 6.45) is 1.74. The van der Waals surface area contributed by atoms with Gasteiger partial charge in [0, 0.05) is 29.5 Å². The Morgan fingerprint density at radius 1 is 1.23 bits per heavy atom. The molecule has 3 amide bonds. The highest BCUT2D eigenvalue weighted by atomic mass is 35.5. The average Bonchev–Trinajstić information content (AvgIpc) is 3.58. The highest BCUT2D eigenvalue weighted by Gasteiger charge is 2.56. The van der Waals surface area contributed by atoms with Gasteiger partial charge in [0.15, 0.2) is 16.6 Å². The van der Waals surface area contributed by atoms with Crippen molar-refractivity contribution in [2.45, 2.75) is 36.7 Å². The van der Waals surface area contributed by atoms with E-state index in [-0.39, 0.29) is 40.6 Å². The van der Waals surface area contributed by atoms with Crippen molar-refractivity contribution in [3.63, 3.8) is 0 Å². The summed E-state index contributed by atoms with van der Waals surface area (Å²) in [7, 11) is 0. The predicted octanol–water partition coefficient (Wildman–Crippen LogP) is 1.21.